The Morgan fingerprint density at radius 2 is 1.58 bits per heavy atom. The Balaban J connectivity index is 2.28. The van der Waals surface area contributed by atoms with Crippen LogP contribution in [0, 0.1) is 0 Å². The Morgan fingerprint density at radius 1 is 1.00 bits per heavy atom. The highest BCUT2D eigenvalue weighted by atomic mass is 16.4. The summed E-state index contributed by atoms with van der Waals surface area (Å²) in [7, 11) is 0. The van der Waals surface area contributed by atoms with E-state index in [9.17, 15) is 15.0 Å². The van der Waals surface area contributed by atoms with E-state index in [1.165, 1.54) is 19.3 Å². The van der Waals surface area contributed by atoms with E-state index < -0.39 is 11.4 Å². The van der Waals surface area contributed by atoms with Crippen LogP contribution in [-0.4, -0.2) is 22.3 Å². The highest BCUT2D eigenvalue weighted by Crippen LogP contribution is 2.30. The number of benzene rings is 1. The lowest BCUT2D eigenvalue weighted by Gasteiger charge is -2.25. The fraction of sp³-hybridized carbons (Fsp3) is 0.667. The van der Waals surface area contributed by atoms with E-state index in [1.807, 2.05) is 37.3 Å². The normalized spacial score (nSPS) is 15.0. The predicted molar refractivity (Wildman–Crippen MR) is 99.3 cm³/mol. The third-order valence-corrected chi connectivity index (χ3v) is 4.99. The first kappa shape index (κ1) is 20.7. The van der Waals surface area contributed by atoms with Gasteiger partial charge in [-0.2, -0.15) is 0 Å². The first-order valence-corrected chi connectivity index (χ1v) is 9.47. The van der Waals surface area contributed by atoms with E-state index in [-0.39, 0.29) is 6.10 Å². The van der Waals surface area contributed by atoms with Gasteiger partial charge in [0, 0.05) is 0 Å². The molecule has 2 unspecified atom stereocenters. The van der Waals surface area contributed by atoms with Gasteiger partial charge < -0.3 is 10.2 Å². The van der Waals surface area contributed by atoms with Crippen LogP contribution in [0.3, 0.4) is 0 Å². The van der Waals surface area contributed by atoms with Crippen LogP contribution < -0.4 is 0 Å². The van der Waals surface area contributed by atoms with Crippen LogP contribution >= 0.6 is 0 Å². The molecule has 3 nitrogen and oxygen atoms in total. The lowest BCUT2D eigenvalue weighted by Crippen LogP contribution is -2.32. The number of carboxylic acid groups (broad SMARTS) is 1. The van der Waals surface area contributed by atoms with Gasteiger partial charge in [-0.05, 0) is 31.7 Å². The third kappa shape index (κ3) is 7.04. The van der Waals surface area contributed by atoms with Gasteiger partial charge >= 0.3 is 5.97 Å². The number of aliphatic carboxylic acids is 1. The molecule has 0 aromatic heterocycles. The van der Waals surface area contributed by atoms with E-state index in [2.05, 4.69) is 6.92 Å². The zero-order valence-corrected chi connectivity index (χ0v) is 15.3. The van der Waals surface area contributed by atoms with Crippen molar-refractivity contribution in [3.63, 3.8) is 0 Å². The highest BCUT2D eigenvalue weighted by Gasteiger charge is 2.34. The van der Waals surface area contributed by atoms with Crippen LogP contribution in [0.15, 0.2) is 30.3 Å². The van der Waals surface area contributed by atoms with Crippen molar-refractivity contribution >= 4 is 5.97 Å². The van der Waals surface area contributed by atoms with E-state index in [4.69, 9.17) is 0 Å². The number of carboxylic acids is 1. The molecular weight excluding hydrogens is 300 g/mol. The molecule has 0 aliphatic heterocycles. The summed E-state index contributed by atoms with van der Waals surface area (Å²) in [5, 5.41) is 19.6. The van der Waals surface area contributed by atoms with Gasteiger partial charge in [0.05, 0.1) is 11.5 Å². The number of carbonyl (C=O) groups is 1. The molecule has 2 atom stereocenters. The smallest absolute Gasteiger partial charge is 0.313 e. The lowest BCUT2D eigenvalue weighted by atomic mass is 9.78. The van der Waals surface area contributed by atoms with E-state index >= 15 is 0 Å². The van der Waals surface area contributed by atoms with Gasteiger partial charge in [-0.15, -0.1) is 0 Å². The molecule has 0 aliphatic carbocycles. The molecule has 1 aromatic rings. The monoisotopic (exact) mass is 334 g/mol. The molecule has 0 radical (unpaired) electrons. The molecule has 0 fully saturated rings. The molecule has 0 heterocycles. The van der Waals surface area contributed by atoms with Crippen LogP contribution in [0.25, 0.3) is 0 Å². The third-order valence-electron chi connectivity index (χ3n) is 4.99. The SMILES string of the molecule is CCCCCCC(O)CCCCCC(C)(C(=O)O)c1ccccc1. The van der Waals surface area contributed by atoms with Gasteiger partial charge in [-0.1, -0.05) is 82.2 Å². The van der Waals surface area contributed by atoms with E-state index in [0.717, 1.165) is 44.1 Å². The van der Waals surface area contributed by atoms with Gasteiger partial charge in [-0.3, -0.25) is 4.79 Å². The molecule has 0 spiro atoms. The molecule has 0 aliphatic rings. The molecule has 0 bridgehead atoms. The Hall–Kier alpha value is -1.35. The van der Waals surface area contributed by atoms with Crippen molar-refractivity contribution < 1.29 is 15.0 Å². The Morgan fingerprint density at radius 3 is 2.12 bits per heavy atom. The summed E-state index contributed by atoms with van der Waals surface area (Å²) in [5.41, 5.74) is 0.0495. The average molecular weight is 334 g/mol. The van der Waals surface area contributed by atoms with Crippen molar-refractivity contribution in [3.05, 3.63) is 35.9 Å². The maximum Gasteiger partial charge on any atom is 0.313 e. The van der Waals surface area contributed by atoms with Crippen molar-refractivity contribution in [2.24, 2.45) is 0 Å². The molecule has 0 amide bonds. The van der Waals surface area contributed by atoms with Crippen molar-refractivity contribution in [3.8, 4) is 0 Å². The van der Waals surface area contributed by atoms with Gasteiger partial charge in [-0.25, -0.2) is 0 Å². The van der Waals surface area contributed by atoms with Crippen LogP contribution in [-0.2, 0) is 10.2 Å². The molecule has 1 aromatic carbocycles. The molecule has 0 saturated carbocycles. The topological polar surface area (TPSA) is 57.5 Å². The van der Waals surface area contributed by atoms with E-state index in [1.54, 1.807) is 0 Å². The van der Waals surface area contributed by atoms with Crippen molar-refractivity contribution in [2.45, 2.75) is 89.6 Å². The number of aliphatic hydroxyl groups excluding tert-OH is 1. The maximum atomic E-state index is 11.7. The number of hydrogen-bond acceptors (Lipinski definition) is 2. The van der Waals surface area contributed by atoms with Crippen LogP contribution in [0.2, 0.25) is 0 Å². The quantitative estimate of drug-likeness (QED) is 0.481. The number of unbranched alkanes of at least 4 members (excludes halogenated alkanes) is 5. The number of rotatable bonds is 13. The molecule has 3 heteroatoms. The molecule has 1 rings (SSSR count). The van der Waals surface area contributed by atoms with Crippen LogP contribution in [0.4, 0.5) is 0 Å². The fourth-order valence-corrected chi connectivity index (χ4v) is 3.17. The fourth-order valence-electron chi connectivity index (χ4n) is 3.17. The molecule has 24 heavy (non-hydrogen) atoms. The van der Waals surface area contributed by atoms with Gasteiger partial charge in [0.1, 0.15) is 0 Å². The minimum Gasteiger partial charge on any atom is -0.481 e. The maximum absolute atomic E-state index is 11.7. The summed E-state index contributed by atoms with van der Waals surface area (Å²) in [4.78, 5) is 11.7. The van der Waals surface area contributed by atoms with Crippen molar-refractivity contribution in [1.82, 2.24) is 0 Å². The lowest BCUT2D eigenvalue weighted by molar-refractivity contribution is -0.143. The Kier molecular flexibility index (Phi) is 9.70. The van der Waals surface area contributed by atoms with Crippen molar-refractivity contribution in [1.29, 1.82) is 0 Å². The summed E-state index contributed by atoms with van der Waals surface area (Å²) < 4.78 is 0. The predicted octanol–water partition coefficient (Wildman–Crippen LogP) is 5.31. The largest absolute Gasteiger partial charge is 0.481 e. The summed E-state index contributed by atoms with van der Waals surface area (Å²) in [6.45, 7) is 4.00. The second kappa shape index (κ2) is 11.2. The molecule has 0 saturated heterocycles. The average Bonchev–Trinajstić information content (AvgIpc) is 2.58. The van der Waals surface area contributed by atoms with Gasteiger partial charge in [0.15, 0.2) is 0 Å². The summed E-state index contributed by atoms with van der Waals surface area (Å²) in [6, 6.07) is 9.49. The van der Waals surface area contributed by atoms with Crippen molar-refractivity contribution in [2.75, 3.05) is 0 Å². The summed E-state index contributed by atoms with van der Waals surface area (Å²) in [6.07, 6.45) is 9.79. The highest BCUT2D eigenvalue weighted by molar-refractivity contribution is 5.80. The van der Waals surface area contributed by atoms with Gasteiger partial charge in [0.2, 0.25) is 0 Å². The second-order valence-corrected chi connectivity index (χ2v) is 7.11. The number of hydrogen-bond donors (Lipinski definition) is 2. The summed E-state index contributed by atoms with van der Waals surface area (Å²) in [5.74, 6) is -0.760. The van der Waals surface area contributed by atoms with Crippen LogP contribution in [0.1, 0.15) is 83.6 Å². The number of aliphatic hydroxyl groups is 1. The summed E-state index contributed by atoms with van der Waals surface area (Å²) >= 11 is 0. The second-order valence-electron chi connectivity index (χ2n) is 7.11. The minimum atomic E-state index is -0.819. The Labute approximate surface area is 147 Å². The zero-order valence-electron chi connectivity index (χ0n) is 15.3. The van der Waals surface area contributed by atoms with Gasteiger partial charge in [0.25, 0.3) is 0 Å². The van der Waals surface area contributed by atoms with Crippen LogP contribution in [0.5, 0.6) is 0 Å². The molecular formula is C21H34O3. The minimum absolute atomic E-state index is 0.193. The first-order chi connectivity index (χ1) is 11.5. The molecule has 136 valence electrons. The standard InChI is InChI=1S/C21H34O3/c1-3-4-5-10-15-19(22)16-11-7-12-17-21(2,20(23)24)18-13-8-6-9-14-18/h6,8-9,13-14,19,22H,3-5,7,10-12,15-17H2,1-2H3,(H,23,24). The first-order valence-electron chi connectivity index (χ1n) is 9.47. The zero-order chi connectivity index (χ0) is 17.8. The molecule has 2 N–H and O–H groups in total. The Bertz CT molecular complexity index is 457. The van der Waals surface area contributed by atoms with E-state index in [0.29, 0.717) is 6.42 Å².